The summed E-state index contributed by atoms with van der Waals surface area (Å²) in [4.78, 5) is 21.3. The minimum atomic E-state index is -0.680. The molecule has 1 aromatic carbocycles. The van der Waals surface area contributed by atoms with Crippen LogP contribution < -0.4 is 4.74 Å². The molecule has 5 heteroatoms. The summed E-state index contributed by atoms with van der Waals surface area (Å²) in [6, 6.07) is 6.72. The van der Waals surface area contributed by atoms with Gasteiger partial charge in [-0.1, -0.05) is 12.1 Å². The molecule has 0 radical (unpaired) electrons. The smallest absolute Gasteiger partial charge is 0.217 e. The van der Waals surface area contributed by atoms with Crippen LogP contribution in [0, 0.1) is 10.1 Å². The Morgan fingerprint density at radius 1 is 1.44 bits per heavy atom. The van der Waals surface area contributed by atoms with Gasteiger partial charge in [-0.05, 0) is 24.6 Å². The van der Waals surface area contributed by atoms with E-state index in [1.54, 1.807) is 24.3 Å². The van der Waals surface area contributed by atoms with Gasteiger partial charge < -0.3 is 4.74 Å². The second-order valence-electron chi connectivity index (χ2n) is 3.45. The van der Waals surface area contributed by atoms with Crippen molar-refractivity contribution in [3.05, 3.63) is 39.9 Å². The van der Waals surface area contributed by atoms with Crippen LogP contribution in [0.15, 0.2) is 24.3 Å². The fraction of sp³-hybridized carbons (Fsp3) is 0.364. The van der Waals surface area contributed by atoms with Crippen molar-refractivity contribution in [3.63, 3.8) is 0 Å². The van der Waals surface area contributed by atoms with Crippen LogP contribution >= 0.6 is 0 Å². The first-order chi connectivity index (χ1) is 7.54. The van der Waals surface area contributed by atoms with Gasteiger partial charge >= 0.3 is 0 Å². The number of benzene rings is 1. The van der Waals surface area contributed by atoms with E-state index in [1.807, 2.05) is 0 Å². The van der Waals surface area contributed by atoms with E-state index in [9.17, 15) is 14.9 Å². The Bertz CT molecular complexity index is 385. The van der Waals surface area contributed by atoms with E-state index in [0.717, 1.165) is 0 Å². The molecular weight excluding hydrogens is 210 g/mol. The molecule has 0 amide bonds. The van der Waals surface area contributed by atoms with E-state index < -0.39 is 10.8 Å². The summed E-state index contributed by atoms with van der Waals surface area (Å²) in [7, 11) is 1.54. The average molecular weight is 223 g/mol. The molecule has 0 saturated heterocycles. The van der Waals surface area contributed by atoms with Crippen LogP contribution in [-0.4, -0.2) is 24.4 Å². The zero-order valence-electron chi connectivity index (χ0n) is 9.17. The van der Waals surface area contributed by atoms with Crippen molar-refractivity contribution in [2.45, 2.75) is 12.8 Å². The average Bonchev–Trinajstić information content (AvgIpc) is 2.25. The van der Waals surface area contributed by atoms with Crippen LogP contribution in [0.5, 0.6) is 5.75 Å². The molecule has 0 aliphatic rings. The molecule has 16 heavy (non-hydrogen) atoms. The third-order valence-electron chi connectivity index (χ3n) is 2.34. The van der Waals surface area contributed by atoms with Crippen molar-refractivity contribution < 1.29 is 14.5 Å². The monoisotopic (exact) mass is 223 g/mol. The number of carbonyl (C=O) groups is 1. The second kappa shape index (κ2) is 5.25. The van der Waals surface area contributed by atoms with E-state index in [4.69, 9.17) is 4.74 Å². The van der Waals surface area contributed by atoms with Crippen LogP contribution in [-0.2, 0) is 4.79 Å². The molecule has 1 atom stereocenters. The zero-order chi connectivity index (χ0) is 12.1. The highest BCUT2D eigenvalue weighted by Crippen LogP contribution is 2.20. The number of ketones is 1. The molecule has 0 aliphatic heterocycles. The standard InChI is InChI=1S/C11H13NO4/c1-8(13)11(7-12(14)15)9-3-5-10(16-2)6-4-9/h3-6,11H,7H2,1-2H3. The fourth-order valence-corrected chi connectivity index (χ4v) is 1.45. The summed E-state index contributed by atoms with van der Waals surface area (Å²) in [6.45, 7) is 0.986. The van der Waals surface area contributed by atoms with Gasteiger partial charge in [-0.25, -0.2) is 0 Å². The molecule has 5 nitrogen and oxygen atoms in total. The Hall–Kier alpha value is -1.91. The van der Waals surface area contributed by atoms with Crippen LogP contribution in [0.3, 0.4) is 0 Å². The van der Waals surface area contributed by atoms with Crippen LogP contribution in [0.1, 0.15) is 18.4 Å². The van der Waals surface area contributed by atoms with Crippen LogP contribution in [0.2, 0.25) is 0 Å². The summed E-state index contributed by atoms with van der Waals surface area (Å²) < 4.78 is 4.97. The molecular formula is C11H13NO4. The lowest BCUT2D eigenvalue weighted by Gasteiger charge is -2.10. The number of hydrogen-bond donors (Lipinski definition) is 0. The summed E-state index contributed by atoms with van der Waals surface area (Å²) >= 11 is 0. The lowest BCUT2D eigenvalue weighted by molar-refractivity contribution is -0.481. The molecule has 86 valence electrons. The number of nitro groups is 1. The molecule has 1 unspecified atom stereocenters. The van der Waals surface area contributed by atoms with Crippen molar-refractivity contribution >= 4 is 5.78 Å². The Morgan fingerprint density at radius 3 is 2.38 bits per heavy atom. The Balaban J connectivity index is 2.92. The zero-order valence-corrected chi connectivity index (χ0v) is 9.17. The number of rotatable bonds is 5. The SMILES string of the molecule is COc1ccc(C(C[N+](=O)[O-])C(C)=O)cc1. The summed E-state index contributed by atoms with van der Waals surface area (Å²) in [5.41, 5.74) is 0.644. The highest BCUT2D eigenvalue weighted by atomic mass is 16.6. The van der Waals surface area contributed by atoms with Crippen molar-refractivity contribution in [3.8, 4) is 5.75 Å². The van der Waals surface area contributed by atoms with Gasteiger partial charge in [-0.2, -0.15) is 0 Å². The maximum Gasteiger partial charge on any atom is 0.217 e. The lowest BCUT2D eigenvalue weighted by atomic mass is 9.95. The molecule has 0 bridgehead atoms. The van der Waals surface area contributed by atoms with Gasteiger partial charge in [0.15, 0.2) is 0 Å². The Morgan fingerprint density at radius 2 is 2.00 bits per heavy atom. The van der Waals surface area contributed by atoms with Gasteiger partial charge in [0, 0.05) is 4.92 Å². The second-order valence-corrected chi connectivity index (χ2v) is 3.45. The number of methoxy groups -OCH3 is 1. The summed E-state index contributed by atoms with van der Waals surface area (Å²) in [5, 5.41) is 10.4. The van der Waals surface area contributed by atoms with Crippen molar-refractivity contribution in [1.82, 2.24) is 0 Å². The fourth-order valence-electron chi connectivity index (χ4n) is 1.45. The third kappa shape index (κ3) is 3.05. The number of Topliss-reactive ketones (excluding diaryl/α,β-unsaturated/α-hetero) is 1. The van der Waals surface area contributed by atoms with E-state index in [-0.39, 0.29) is 12.3 Å². The molecule has 0 saturated carbocycles. The first-order valence-corrected chi connectivity index (χ1v) is 4.80. The van der Waals surface area contributed by atoms with E-state index >= 15 is 0 Å². The molecule has 0 spiro atoms. The molecule has 1 aromatic rings. The van der Waals surface area contributed by atoms with Crippen LogP contribution in [0.4, 0.5) is 0 Å². The van der Waals surface area contributed by atoms with Crippen molar-refractivity contribution in [2.24, 2.45) is 0 Å². The van der Waals surface area contributed by atoms with Gasteiger partial charge in [0.25, 0.3) is 0 Å². The maximum absolute atomic E-state index is 11.3. The topological polar surface area (TPSA) is 69.4 Å². The van der Waals surface area contributed by atoms with Gasteiger partial charge in [-0.3, -0.25) is 14.9 Å². The summed E-state index contributed by atoms with van der Waals surface area (Å²) in [5.74, 6) is -0.227. The Labute approximate surface area is 93.2 Å². The van der Waals surface area contributed by atoms with Crippen molar-refractivity contribution in [2.75, 3.05) is 13.7 Å². The first kappa shape index (κ1) is 12.2. The van der Waals surface area contributed by atoms with E-state index in [2.05, 4.69) is 0 Å². The quantitative estimate of drug-likeness (QED) is 0.562. The molecule has 0 fully saturated rings. The normalized spacial score (nSPS) is 11.9. The summed E-state index contributed by atoms with van der Waals surface area (Å²) in [6.07, 6.45) is 0. The minimum Gasteiger partial charge on any atom is -0.497 e. The first-order valence-electron chi connectivity index (χ1n) is 4.80. The molecule has 0 aliphatic carbocycles. The molecule has 0 heterocycles. The largest absolute Gasteiger partial charge is 0.497 e. The molecule has 1 rings (SSSR count). The highest BCUT2D eigenvalue weighted by Gasteiger charge is 2.22. The lowest BCUT2D eigenvalue weighted by Crippen LogP contribution is -2.19. The number of ether oxygens (including phenoxy) is 1. The predicted molar refractivity (Wildman–Crippen MR) is 58.3 cm³/mol. The van der Waals surface area contributed by atoms with Gasteiger partial charge in [0.2, 0.25) is 6.54 Å². The molecule has 0 N–H and O–H groups in total. The van der Waals surface area contributed by atoms with Crippen LogP contribution in [0.25, 0.3) is 0 Å². The van der Waals surface area contributed by atoms with Gasteiger partial charge in [0.1, 0.15) is 17.5 Å². The number of hydrogen-bond acceptors (Lipinski definition) is 4. The van der Waals surface area contributed by atoms with E-state index in [0.29, 0.717) is 11.3 Å². The minimum absolute atomic E-state index is 0.207. The molecule has 0 aromatic heterocycles. The Kier molecular flexibility index (Phi) is 3.99. The third-order valence-corrected chi connectivity index (χ3v) is 2.34. The maximum atomic E-state index is 11.3. The predicted octanol–water partition coefficient (Wildman–Crippen LogP) is 1.64. The van der Waals surface area contributed by atoms with Gasteiger partial charge in [-0.15, -0.1) is 0 Å². The number of nitrogens with zero attached hydrogens (tertiary/aromatic N) is 1. The van der Waals surface area contributed by atoms with E-state index in [1.165, 1.54) is 14.0 Å². The van der Waals surface area contributed by atoms with Gasteiger partial charge in [0.05, 0.1) is 7.11 Å². The van der Waals surface area contributed by atoms with Crippen molar-refractivity contribution in [1.29, 1.82) is 0 Å². The highest BCUT2D eigenvalue weighted by molar-refractivity contribution is 5.83. The number of carbonyl (C=O) groups excluding carboxylic acids is 1.